The molecule has 1 aliphatic heterocycles. The van der Waals surface area contributed by atoms with E-state index in [1.807, 2.05) is 28.7 Å². The number of nitrogens with zero attached hydrogens (tertiary/aromatic N) is 2. The molecule has 0 bridgehead atoms. The molecule has 0 aliphatic carbocycles. The predicted octanol–water partition coefficient (Wildman–Crippen LogP) is 3.06. The fourth-order valence-electron chi connectivity index (χ4n) is 2.79. The smallest absolute Gasteiger partial charge is 0.270 e. The summed E-state index contributed by atoms with van der Waals surface area (Å²) < 4.78 is 2.93. The second-order valence-corrected chi connectivity index (χ2v) is 6.85. The number of carbonyl (C=O) groups excluding carboxylic acids is 1. The van der Waals surface area contributed by atoms with E-state index < -0.39 is 0 Å². The topological polar surface area (TPSA) is 45.5 Å². The third-order valence-corrected chi connectivity index (χ3v) is 4.45. The van der Waals surface area contributed by atoms with Gasteiger partial charge in [0.2, 0.25) is 0 Å². The molecule has 112 valence electrons. The van der Waals surface area contributed by atoms with Gasteiger partial charge in [-0.3, -0.25) is 4.79 Å². The van der Waals surface area contributed by atoms with Gasteiger partial charge >= 0.3 is 0 Å². The van der Waals surface area contributed by atoms with Crippen LogP contribution in [0.1, 0.15) is 50.1 Å². The van der Waals surface area contributed by atoms with Gasteiger partial charge in [-0.05, 0) is 55.6 Å². The normalized spacial score (nSPS) is 21.3. The van der Waals surface area contributed by atoms with Gasteiger partial charge in [-0.15, -0.1) is 0 Å². The van der Waals surface area contributed by atoms with Crippen LogP contribution in [0.5, 0.6) is 0 Å². The summed E-state index contributed by atoms with van der Waals surface area (Å²) in [7, 11) is 0. The maximum Gasteiger partial charge on any atom is 0.270 e. The van der Waals surface area contributed by atoms with Crippen molar-refractivity contribution in [1.82, 2.24) is 9.47 Å². The number of rotatable bonds is 3. The maximum absolute atomic E-state index is 12.7. The van der Waals surface area contributed by atoms with Crippen LogP contribution in [0.15, 0.2) is 16.7 Å². The van der Waals surface area contributed by atoms with Crippen LogP contribution in [0.25, 0.3) is 0 Å². The predicted molar refractivity (Wildman–Crippen MR) is 82.8 cm³/mol. The van der Waals surface area contributed by atoms with Gasteiger partial charge in [0.25, 0.3) is 5.91 Å². The van der Waals surface area contributed by atoms with E-state index in [4.69, 9.17) is 0 Å². The van der Waals surface area contributed by atoms with Gasteiger partial charge in [-0.25, -0.2) is 0 Å². The minimum atomic E-state index is -0.353. The van der Waals surface area contributed by atoms with Crippen molar-refractivity contribution in [2.75, 3.05) is 13.1 Å². The van der Waals surface area contributed by atoms with Gasteiger partial charge in [-0.2, -0.15) is 0 Å². The molecule has 1 aromatic heterocycles. The van der Waals surface area contributed by atoms with Gasteiger partial charge in [-0.1, -0.05) is 0 Å². The SMILES string of the molecule is CC(O)C1CCCN(C(=O)c2cc(Br)cn2C(C)C)C1. The number of aliphatic hydroxyl groups is 1. The molecule has 2 atom stereocenters. The summed E-state index contributed by atoms with van der Waals surface area (Å²) in [6.07, 6.45) is 3.56. The number of amides is 1. The summed E-state index contributed by atoms with van der Waals surface area (Å²) in [6, 6.07) is 2.13. The van der Waals surface area contributed by atoms with Crippen LogP contribution >= 0.6 is 15.9 Å². The molecule has 0 radical (unpaired) electrons. The molecule has 2 unspecified atom stereocenters. The van der Waals surface area contributed by atoms with Crippen molar-refractivity contribution in [2.45, 2.75) is 45.8 Å². The highest BCUT2D eigenvalue weighted by Gasteiger charge is 2.28. The number of aromatic nitrogens is 1. The van der Waals surface area contributed by atoms with Crippen LogP contribution in [0.4, 0.5) is 0 Å². The molecule has 2 rings (SSSR count). The Morgan fingerprint density at radius 1 is 1.45 bits per heavy atom. The quantitative estimate of drug-likeness (QED) is 0.917. The van der Waals surface area contributed by atoms with Gasteiger partial charge in [0, 0.05) is 35.7 Å². The molecule has 0 aromatic carbocycles. The van der Waals surface area contributed by atoms with Gasteiger partial charge in [0.05, 0.1) is 6.10 Å². The fourth-order valence-corrected chi connectivity index (χ4v) is 3.23. The van der Waals surface area contributed by atoms with E-state index in [9.17, 15) is 9.90 Å². The summed E-state index contributed by atoms with van der Waals surface area (Å²) in [5, 5.41) is 9.74. The first-order chi connectivity index (χ1) is 9.40. The van der Waals surface area contributed by atoms with Crippen molar-refractivity contribution in [3.63, 3.8) is 0 Å². The van der Waals surface area contributed by atoms with Crippen molar-refractivity contribution < 1.29 is 9.90 Å². The standard InChI is InChI=1S/C15H23BrN2O2/c1-10(2)18-9-13(16)7-14(18)15(20)17-6-4-5-12(8-17)11(3)19/h7,9-12,19H,4-6,8H2,1-3H3. The summed E-state index contributed by atoms with van der Waals surface area (Å²) in [6.45, 7) is 7.38. The van der Waals surface area contributed by atoms with Crippen molar-refractivity contribution in [1.29, 1.82) is 0 Å². The lowest BCUT2D eigenvalue weighted by atomic mass is 9.93. The highest BCUT2D eigenvalue weighted by atomic mass is 79.9. The van der Waals surface area contributed by atoms with Crippen molar-refractivity contribution >= 4 is 21.8 Å². The molecular formula is C15H23BrN2O2. The zero-order valence-corrected chi connectivity index (χ0v) is 13.9. The third-order valence-electron chi connectivity index (χ3n) is 4.02. The molecule has 4 nitrogen and oxygen atoms in total. The van der Waals surface area contributed by atoms with Crippen LogP contribution in [0.3, 0.4) is 0 Å². The number of carbonyl (C=O) groups is 1. The molecule has 1 aromatic rings. The molecule has 0 spiro atoms. The lowest BCUT2D eigenvalue weighted by Gasteiger charge is -2.34. The highest BCUT2D eigenvalue weighted by molar-refractivity contribution is 9.10. The number of hydrogen-bond acceptors (Lipinski definition) is 2. The second-order valence-electron chi connectivity index (χ2n) is 5.94. The van der Waals surface area contributed by atoms with E-state index in [2.05, 4.69) is 29.8 Å². The van der Waals surface area contributed by atoms with Crippen molar-refractivity contribution in [3.8, 4) is 0 Å². The van der Waals surface area contributed by atoms with Crippen LogP contribution in [0, 0.1) is 5.92 Å². The Balaban J connectivity index is 2.19. The zero-order valence-electron chi connectivity index (χ0n) is 12.3. The molecule has 1 amide bonds. The summed E-state index contributed by atoms with van der Waals surface area (Å²) in [4.78, 5) is 14.6. The largest absolute Gasteiger partial charge is 0.393 e. The molecular weight excluding hydrogens is 320 g/mol. The van der Waals surface area contributed by atoms with E-state index in [1.165, 1.54) is 0 Å². The average Bonchev–Trinajstić information content (AvgIpc) is 2.80. The van der Waals surface area contributed by atoms with E-state index in [0.717, 1.165) is 29.6 Å². The zero-order chi connectivity index (χ0) is 14.9. The lowest BCUT2D eigenvalue weighted by Crippen LogP contribution is -2.43. The minimum Gasteiger partial charge on any atom is -0.393 e. The molecule has 5 heteroatoms. The van der Waals surface area contributed by atoms with E-state index in [1.54, 1.807) is 0 Å². The Kier molecular flexibility index (Phi) is 4.91. The van der Waals surface area contributed by atoms with Crippen LogP contribution in [0.2, 0.25) is 0 Å². The van der Waals surface area contributed by atoms with Crippen molar-refractivity contribution in [3.05, 3.63) is 22.4 Å². The molecule has 1 aliphatic rings. The number of halogens is 1. The van der Waals surface area contributed by atoms with Crippen LogP contribution < -0.4 is 0 Å². The number of piperidine rings is 1. The van der Waals surface area contributed by atoms with Crippen LogP contribution in [-0.2, 0) is 0 Å². The first kappa shape index (κ1) is 15.6. The Hall–Kier alpha value is -0.810. The highest BCUT2D eigenvalue weighted by Crippen LogP contribution is 2.24. The maximum atomic E-state index is 12.7. The molecule has 1 fully saturated rings. The lowest BCUT2D eigenvalue weighted by molar-refractivity contribution is 0.0457. The van der Waals surface area contributed by atoms with Gasteiger partial charge in [0.15, 0.2) is 0 Å². The van der Waals surface area contributed by atoms with Crippen LogP contribution in [-0.4, -0.2) is 39.7 Å². The minimum absolute atomic E-state index is 0.0646. The molecule has 1 N–H and O–H groups in total. The Morgan fingerprint density at radius 2 is 2.15 bits per heavy atom. The first-order valence-electron chi connectivity index (χ1n) is 7.25. The molecule has 20 heavy (non-hydrogen) atoms. The molecule has 1 saturated heterocycles. The second kappa shape index (κ2) is 6.31. The van der Waals surface area contributed by atoms with Gasteiger partial charge in [0.1, 0.15) is 5.69 Å². The Morgan fingerprint density at radius 3 is 2.75 bits per heavy atom. The number of aliphatic hydroxyl groups excluding tert-OH is 1. The fraction of sp³-hybridized carbons (Fsp3) is 0.667. The van der Waals surface area contributed by atoms with E-state index in [0.29, 0.717) is 6.54 Å². The van der Waals surface area contributed by atoms with E-state index >= 15 is 0 Å². The molecule has 0 saturated carbocycles. The molecule has 2 heterocycles. The monoisotopic (exact) mass is 342 g/mol. The number of likely N-dealkylation sites (tertiary alicyclic amines) is 1. The number of hydrogen-bond donors (Lipinski definition) is 1. The van der Waals surface area contributed by atoms with Crippen molar-refractivity contribution in [2.24, 2.45) is 5.92 Å². The summed E-state index contributed by atoms with van der Waals surface area (Å²) >= 11 is 3.45. The summed E-state index contributed by atoms with van der Waals surface area (Å²) in [5.41, 5.74) is 0.720. The third kappa shape index (κ3) is 3.26. The first-order valence-corrected chi connectivity index (χ1v) is 8.04. The Labute approximate surface area is 128 Å². The average molecular weight is 343 g/mol. The summed E-state index contributed by atoms with van der Waals surface area (Å²) in [5.74, 6) is 0.258. The Bertz CT molecular complexity index is 482. The van der Waals surface area contributed by atoms with Gasteiger partial charge < -0.3 is 14.6 Å². The van der Waals surface area contributed by atoms with E-state index in [-0.39, 0.29) is 24.0 Å².